The van der Waals surface area contributed by atoms with E-state index < -0.39 is 0 Å². The van der Waals surface area contributed by atoms with Gasteiger partial charge in [-0.3, -0.25) is 9.78 Å². The number of ether oxygens (including phenoxy) is 1. The van der Waals surface area contributed by atoms with Crippen molar-refractivity contribution in [2.24, 2.45) is 0 Å². The number of aromatic nitrogens is 2. The number of nitrogens with one attached hydrogen (secondary N) is 2. The molecule has 1 amide bonds. The van der Waals surface area contributed by atoms with Gasteiger partial charge in [0.15, 0.2) is 5.75 Å². The lowest BCUT2D eigenvalue weighted by molar-refractivity contribution is 0.102. The second-order valence-corrected chi connectivity index (χ2v) is 6.51. The highest BCUT2D eigenvalue weighted by molar-refractivity contribution is 6.04. The van der Waals surface area contributed by atoms with Crippen LogP contribution < -0.4 is 15.4 Å². The number of para-hydroxylation sites is 3. The summed E-state index contributed by atoms with van der Waals surface area (Å²) in [7, 11) is 0. The normalized spacial score (nSPS) is 10.3. The SMILES string of the molecule is O=C(Nc1ccccc1Oc1ccccc1)c1ccc(NCc2cccnc2)nc1. The Morgan fingerprint density at radius 2 is 1.70 bits per heavy atom. The topological polar surface area (TPSA) is 76.1 Å². The van der Waals surface area contributed by atoms with Gasteiger partial charge in [-0.1, -0.05) is 36.4 Å². The highest BCUT2D eigenvalue weighted by Gasteiger charge is 2.11. The van der Waals surface area contributed by atoms with E-state index in [4.69, 9.17) is 4.74 Å². The fourth-order valence-electron chi connectivity index (χ4n) is 2.80. The van der Waals surface area contributed by atoms with E-state index in [0.717, 1.165) is 5.56 Å². The molecule has 2 heterocycles. The Kier molecular flexibility index (Phi) is 5.96. The summed E-state index contributed by atoms with van der Waals surface area (Å²) in [6.45, 7) is 0.608. The van der Waals surface area contributed by atoms with E-state index in [2.05, 4.69) is 20.6 Å². The van der Waals surface area contributed by atoms with E-state index in [-0.39, 0.29) is 5.91 Å². The molecule has 6 nitrogen and oxygen atoms in total. The highest BCUT2D eigenvalue weighted by atomic mass is 16.5. The van der Waals surface area contributed by atoms with Crippen molar-refractivity contribution in [1.29, 1.82) is 0 Å². The third kappa shape index (κ3) is 4.99. The number of anilines is 2. The van der Waals surface area contributed by atoms with E-state index in [9.17, 15) is 4.79 Å². The molecule has 0 spiro atoms. The second kappa shape index (κ2) is 9.34. The maximum atomic E-state index is 12.7. The lowest BCUT2D eigenvalue weighted by atomic mass is 10.2. The van der Waals surface area contributed by atoms with Crippen LogP contribution in [0.4, 0.5) is 11.5 Å². The molecular formula is C24H20N4O2. The third-order valence-corrected chi connectivity index (χ3v) is 4.33. The number of rotatable bonds is 7. The smallest absolute Gasteiger partial charge is 0.257 e. The van der Waals surface area contributed by atoms with Crippen molar-refractivity contribution in [2.75, 3.05) is 10.6 Å². The van der Waals surface area contributed by atoms with Crippen LogP contribution in [0, 0.1) is 0 Å². The largest absolute Gasteiger partial charge is 0.455 e. The molecule has 2 aromatic carbocycles. The molecule has 0 radical (unpaired) electrons. The van der Waals surface area contributed by atoms with Crippen LogP contribution in [0.3, 0.4) is 0 Å². The lowest BCUT2D eigenvalue weighted by Gasteiger charge is -2.12. The number of hydrogen-bond donors (Lipinski definition) is 2. The van der Waals surface area contributed by atoms with Crippen molar-refractivity contribution >= 4 is 17.4 Å². The van der Waals surface area contributed by atoms with Crippen molar-refractivity contribution in [3.05, 3.63) is 109 Å². The van der Waals surface area contributed by atoms with Crippen LogP contribution in [0.1, 0.15) is 15.9 Å². The van der Waals surface area contributed by atoms with E-state index in [1.165, 1.54) is 0 Å². The zero-order valence-corrected chi connectivity index (χ0v) is 16.2. The first-order valence-corrected chi connectivity index (χ1v) is 9.50. The Morgan fingerprint density at radius 1 is 0.867 bits per heavy atom. The third-order valence-electron chi connectivity index (χ3n) is 4.33. The molecule has 2 aromatic heterocycles. The molecule has 0 aliphatic heterocycles. The van der Waals surface area contributed by atoms with E-state index in [0.29, 0.717) is 35.1 Å². The molecule has 148 valence electrons. The molecule has 0 aliphatic rings. The molecule has 6 heteroatoms. The Labute approximate surface area is 174 Å². The zero-order valence-electron chi connectivity index (χ0n) is 16.2. The maximum absolute atomic E-state index is 12.7. The second-order valence-electron chi connectivity index (χ2n) is 6.51. The van der Waals surface area contributed by atoms with Crippen molar-refractivity contribution < 1.29 is 9.53 Å². The molecule has 4 rings (SSSR count). The summed E-state index contributed by atoms with van der Waals surface area (Å²) >= 11 is 0. The summed E-state index contributed by atoms with van der Waals surface area (Å²) in [6, 6.07) is 24.1. The first-order chi connectivity index (χ1) is 14.8. The number of nitrogens with zero attached hydrogens (tertiary/aromatic N) is 2. The Bertz CT molecular complexity index is 1100. The summed E-state index contributed by atoms with van der Waals surface area (Å²) in [6.07, 6.45) is 5.07. The molecule has 0 saturated carbocycles. The summed E-state index contributed by atoms with van der Waals surface area (Å²) in [5, 5.41) is 6.10. The molecule has 0 aliphatic carbocycles. The monoisotopic (exact) mass is 396 g/mol. The van der Waals surface area contributed by atoms with Gasteiger partial charge in [-0.05, 0) is 48.0 Å². The first-order valence-electron chi connectivity index (χ1n) is 9.50. The fraction of sp³-hybridized carbons (Fsp3) is 0.0417. The van der Waals surface area contributed by atoms with Crippen LogP contribution in [0.5, 0.6) is 11.5 Å². The van der Waals surface area contributed by atoms with Crippen molar-refractivity contribution in [2.45, 2.75) is 6.54 Å². The van der Waals surface area contributed by atoms with E-state index >= 15 is 0 Å². The van der Waals surface area contributed by atoms with Crippen molar-refractivity contribution in [3.63, 3.8) is 0 Å². The van der Waals surface area contributed by atoms with Gasteiger partial charge in [0.2, 0.25) is 0 Å². The van der Waals surface area contributed by atoms with E-state index in [1.54, 1.807) is 36.8 Å². The van der Waals surface area contributed by atoms with Crippen LogP contribution >= 0.6 is 0 Å². The van der Waals surface area contributed by atoms with Crippen LogP contribution in [-0.4, -0.2) is 15.9 Å². The minimum absolute atomic E-state index is 0.259. The number of amides is 1. The molecule has 30 heavy (non-hydrogen) atoms. The predicted molar refractivity (Wildman–Crippen MR) is 117 cm³/mol. The predicted octanol–water partition coefficient (Wildman–Crippen LogP) is 5.13. The standard InChI is InChI=1S/C24H20N4O2/c29-24(19-12-13-23(27-17-19)26-16-18-7-6-14-25-15-18)28-21-10-4-5-11-22(21)30-20-8-2-1-3-9-20/h1-15,17H,16H2,(H,26,27)(H,28,29). The molecule has 0 atom stereocenters. The van der Waals surface area contributed by atoms with Crippen molar-refractivity contribution in [3.8, 4) is 11.5 Å². The van der Waals surface area contributed by atoms with Crippen molar-refractivity contribution in [1.82, 2.24) is 9.97 Å². The summed E-state index contributed by atoms with van der Waals surface area (Å²) in [5.74, 6) is 1.69. The molecule has 2 N–H and O–H groups in total. The van der Waals surface area contributed by atoms with Crippen LogP contribution in [-0.2, 0) is 6.54 Å². The van der Waals surface area contributed by atoms with Gasteiger partial charge in [0, 0.05) is 25.1 Å². The fourth-order valence-corrected chi connectivity index (χ4v) is 2.80. The summed E-state index contributed by atoms with van der Waals surface area (Å²) in [5.41, 5.74) is 2.10. The van der Waals surface area contributed by atoms with Gasteiger partial charge < -0.3 is 15.4 Å². The molecular weight excluding hydrogens is 376 g/mol. The quantitative estimate of drug-likeness (QED) is 0.453. The maximum Gasteiger partial charge on any atom is 0.257 e. The summed E-state index contributed by atoms with van der Waals surface area (Å²) in [4.78, 5) is 21.1. The summed E-state index contributed by atoms with van der Waals surface area (Å²) < 4.78 is 5.89. The number of hydrogen-bond acceptors (Lipinski definition) is 5. The average molecular weight is 396 g/mol. The van der Waals surface area contributed by atoms with Gasteiger partial charge >= 0.3 is 0 Å². The molecule has 0 unspecified atom stereocenters. The Hall–Kier alpha value is -4.19. The highest BCUT2D eigenvalue weighted by Crippen LogP contribution is 2.29. The minimum atomic E-state index is -0.259. The molecule has 0 saturated heterocycles. The van der Waals surface area contributed by atoms with Gasteiger partial charge in [0.25, 0.3) is 5.91 Å². The first kappa shape index (κ1) is 19.1. The Morgan fingerprint density at radius 3 is 2.47 bits per heavy atom. The number of carbonyl (C=O) groups is 1. The molecule has 0 fully saturated rings. The van der Waals surface area contributed by atoms with Gasteiger partial charge in [0.1, 0.15) is 11.6 Å². The lowest BCUT2D eigenvalue weighted by Crippen LogP contribution is -2.13. The van der Waals surface area contributed by atoms with Gasteiger partial charge in [-0.15, -0.1) is 0 Å². The van der Waals surface area contributed by atoms with E-state index in [1.807, 2.05) is 60.7 Å². The number of benzene rings is 2. The van der Waals surface area contributed by atoms with Crippen LogP contribution in [0.15, 0.2) is 97.5 Å². The average Bonchev–Trinajstić information content (AvgIpc) is 2.81. The van der Waals surface area contributed by atoms with Crippen LogP contribution in [0.25, 0.3) is 0 Å². The van der Waals surface area contributed by atoms with Gasteiger partial charge in [0.05, 0.1) is 11.3 Å². The zero-order chi connectivity index (χ0) is 20.6. The number of pyridine rings is 2. The van der Waals surface area contributed by atoms with Gasteiger partial charge in [-0.25, -0.2) is 4.98 Å². The molecule has 4 aromatic rings. The number of carbonyl (C=O) groups excluding carboxylic acids is 1. The minimum Gasteiger partial charge on any atom is -0.455 e. The Balaban J connectivity index is 1.40. The van der Waals surface area contributed by atoms with Crippen LogP contribution in [0.2, 0.25) is 0 Å². The molecule has 0 bridgehead atoms. The van der Waals surface area contributed by atoms with Gasteiger partial charge in [-0.2, -0.15) is 0 Å².